The number of aromatic hydroxyl groups is 1. The second-order valence-electron chi connectivity index (χ2n) is 8.27. The standard InChI is InChI=1S/C21H31N3O2/c25-19-9-7-18(8-10-19)23-14-12-22(13-15-23)16-21(26)24-11-3-5-17-4-1-2-6-20(17)24/h7-10,17,20,25H,1-6,11-16H2/p+1/t17-,20-/m0/s1. The van der Waals surface area contributed by atoms with Gasteiger partial charge in [-0.15, -0.1) is 0 Å². The van der Waals surface area contributed by atoms with Crippen molar-refractivity contribution in [3.63, 3.8) is 0 Å². The smallest absolute Gasteiger partial charge is 0.278 e. The van der Waals surface area contributed by atoms with Crippen LogP contribution in [0.4, 0.5) is 5.69 Å². The Balaban J connectivity index is 1.29. The number of anilines is 1. The van der Waals surface area contributed by atoms with E-state index < -0.39 is 0 Å². The van der Waals surface area contributed by atoms with Crippen molar-refractivity contribution >= 4 is 11.6 Å². The Morgan fingerprint density at radius 3 is 2.46 bits per heavy atom. The Kier molecular flexibility index (Phi) is 5.34. The number of likely N-dealkylation sites (tertiary alicyclic amines) is 1. The molecule has 1 amide bonds. The van der Waals surface area contributed by atoms with Crippen molar-refractivity contribution in [3.05, 3.63) is 24.3 Å². The summed E-state index contributed by atoms with van der Waals surface area (Å²) in [5, 5.41) is 9.44. The van der Waals surface area contributed by atoms with Gasteiger partial charge in [-0.1, -0.05) is 12.8 Å². The fraction of sp³-hybridized carbons (Fsp3) is 0.667. The molecular formula is C21H32N3O2+. The van der Waals surface area contributed by atoms with Gasteiger partial charge in [-0.2, -0.15) is 0 Å². The Morgan fingerprint density at radius 1 is 1.00 bits per heavy atom. The van der Waals surface area contributed by atoms with Crippen molar-refractivity contribution in [1.29, 1.82) is 0 Å². The highest BCUT2D eigenvalue weighted by Gasteiger charge is 2.37. The van der Waals surface area contributed by atoms with E-state index in [1.165, 1.54) is 43.4 Å². The summed E-state index contributed by atoms with van der Waals surface area (Å²) < 4.78 is 0. The fourth-order valence-electron chi connectivity index (χ4n) is 5.17. The molecule has 1 aromatic rings. The maximum atomic E-state index is 13.0. The number of piperidine rings is 1. The van der Waals surface area contributed by atoms with Crippen molar-refractivity contribution in [2.24, 2.45) is 5.92 Å². The first-order valence-electron chi connectivity index (χ1n) is 10.4. The molecule has 0 radical (unpaired) electrons. The number of carbonyl (C=O) groups is 1. The van der Waals surface area contributed by atoms with Gasteiger partial charge in [-0.3, -0.25) is 4.79 Å². The normalized spacial score (nSPS) is 27.2. The number of nitrogens with zero attached hydrogens (tertiary/aromatic N) is 2. The first kappa shape index (κ1) is 17.7. The van der Waals surface area contributed by atoms with Crippen LogP contribution in [0.1, 0.15) is 38.5 Å². The van der Waals surface area contributed by atoms with Crippen molar-refractivity contribution in [2.75, 3.05) is 44.2 Å². The molecule has 2 saturated heterocycles. The van der Waals surface area contributed by atoms with Gasteiger partial charge in [0.2, 0.25) is 0 Å². The number of piperazine rings is 1. The van der Waals surface area contributed by atoms with E-state index in [-0.39, 0.29) is 0 Å². The number of hydrogen-bond acceptors (Lipinski definition) is 3. The maximum absolute atomic E-state index is 13.0. The lowest BCUT2D eigenvalue weighted by atomic mass is 9.78. The van der Waals surface area contributed by atoms with Crippen LogP contribution in [0.5, 0.6) is 5.75 Å². The average Bonchev–Trinajstić information content (AvgIpc) is 2.69. The van der Waals surface area contributed by atoms with Crippen molar-refractivity contribution < 1.29 is 14.8 Å². The van der Waals surface area contributed by atoms with Gasteiger partial charge in [0.15, 0.2) is 6.54 Å². The van der Waals surface area contributed by atoms with Gasteiger partial charge in [0.1, 0.15) is 5.75 Å². The molecule has 3 fully saturated rings. The summed E-state index contributed by atoms with van der Waals surface area (Å²) in [6, 6.07) is 7.97. The number of amides is 1. The molecule has 2 heterocycles. The van der Waals surface area contributed by atoms with E-state index >= 15 is 0 Å². The minimum atomic E-state index is 0.311. The van der Waals surface area contributed by atoms with Crippen LogP contribution in [0.15, 0.2) is 24.3 Å². The number of phenolic OH excluding ortho intramolecular Hbond substituents is 1. The highest BCUT2D eigenvalue weighted by atomic mass is 16.3. The number of rotatable bonds is 3. The molecule has 1 aromatic carbocycles. The van der Waals surface area contributed by atoms with Gasteiger partial charge in [-0.05, 0) is 55.9 Å². The zero-order chi connectivity index (χ0) is 17.9. The third-order valence-electron chi connectivity index (χ3n) is 6.65. The lowest BCUT2D eigenvalue weighted by molar-refractivity contribution is -0.892. The largest absolute Gasteiger partial charge is 0.508 e. The van der Waals surface area contributed by atoms with Gasteiger partial charge in [0, 0.05) is 18.3 Å². The average molecular weight is 359 g/mol. The van der Waals surface area contributed by atoms with Crippen LogP contribution in [0.2, 0.25) is 0 Å². The second kappa shape index (κ2) is 7.87. The van der Waals surface area contributed by atoms with E-state index in [1.54, 1.807) is 12.1 Å². The summed E-state index contributed by atoms with van der Waals surface area (Å²) in [5.41, 5.74) is 1.16. The van der Waals surface area contributed by atoms with Gasteiger partial charge < -0.3 is 19.8 Å². The van der Waals surface area contributed by atoms with Crippen LogP contribution in [-0.2, 0) is 4.79 Å². The van der Waals surface area contributed by atoms with Crippen LogP contribution in [0.25, 0.3) is 0 Å². The lowest BCUT2D eigenvalue weighted by Crippen LogP contribution is -3.16. The highest BCUT2D eigenvalue weighted by Crippen LogP contribution is 2.35. The maximum Gasteiger partial charge on any atom is 0.278 e. The summed E-state index contributed by atoms with van der Waals surface area (Å²) in [7, 11) is 0. The predicted octanol–water partition coefficient (Wildman–Crippen LogP) is 1.28. The molecule has 2 aliphatic heterocycles. The highest BCUT2D eigenvalue weighted by molar-refractivity contribution is 5.77. The van der Waals surface area contributed by atoms with Crippen molar-refractivity contribution in [2.45, 2.75) is 44.6 Å². The number of carbonyl (C=O) groups excluding carboxylic acids is 1. The molecule has 5 heteroatoms. The van der Waals surface area contributed by atoms with E-state index in [4.69, 9.17) is 0 Å². The molecule has 26 heavy (non-hydrogen) atoms. The van der Waals surface area contributed by atoms with Crippen molar-refractivity contribution in [3.8, 4) is 5.75 Å². The zero-order valence-corrected chi connectivity index (χ0v) is 15.7. The van der Waals surface area contributed by atoms with Gasteiger partial charge in [0.25, 0.3) is 5.91 Å². The van der Waals surface area contributed by atoms with Crippen LogP contribution in [0.3, 0.4) is 0 Å². The molecule has 1 aliphatic carbocycles. The summed E-state index contributed by atoms with van der Waals surface area (Å²) >= 11 is 0. The first-order chi connectivity index (χ1) is 12.7. The van der Waals surface area contributed by atoms with Crippen LogP contribution >= 0.6 is 0 Å². The number of nitrogens with one attached hydrogen (secondary N) is 1. The molecule has 5 nitrogen and oxygen atoms in total. The molecule has 142 valence electrons. The monoisotopic (exact) mass is 358 g/mol. The quantitative estimate of drug-likeness (QED) is 0.856. The van der Waals surface area contributed by atoms with E-state index in [2.05, 4.69) is 9.80 Å². The van der Waals surface area contributed by atoms with Crippen LogP contribution < -0.4 is 9.80 Å². The lowest BCUT2D eigenvalue weighted by Gasteiger charge is -2.44. The minimum Gasteiger partial charge on any atom is -0.508 e. The number of benzene rings is 1. The Hall–Kier alpha value is -1.75. The number of fused-ring (bicyclic) bond motifs is 1. The number of hydrogen-bond donors (Lipinski definition) is 2. The molecule has 4 rings (SSSR count). The molecule has 2 atom stereocenters. The summed E-state index contributed by atoms with van der Waals surface area (Å²) in [6.07, 6.45) is 7.72. The second-order valence-corrected chi connectivity index (χ2v) is 8.27. The Bertz CT molecular complexity index is 608. The number of phenols is 1. The van der Waals surface area contributed by atoms with E-state index in [9.17, 15) is 9.90 Å². The van der Waals surface area contributed by atoms with E-state index in [0.29, 0.717) is 24.2 Å². The Morgan fingerprint density at radius 2 is 1.69 bits per heavy atom. The number of quaternary nitrogens is 1. The molecule has 0 unspecified atom stereocenters. The van der Waals surface area contributed by atoms with Gasteiger partial charge >= 0.3 is 0 Å². The first-order valence-corrected chi connectivity index (χ1v) is 10.4. The van der Waals surface area contributed by atoms with Crippen LogP contribution in [-0.4, -0.2) is 61.2 Å². The SMILES string of the molecule is O=C(C[NH+]1CCN(c2ccc(O)cc2)CC1)N1CCC[C@@H]2CCCC[C@@H]21. The van der Waals surface area contributed by atoms with Gasteiger partial charge in [-0.25, -0.2) is 0 Å². The van der Waals surface area contributed by atoms with Gasteiger partial charge in [0.05, 0.1) is 26.2 Å². The van der Waals surface area contributed by atoms with E-state index in [1.807, 2.05) is 12.1 Å². The molecule has 3 aliphatic rings. The predicted molar refractivity (Wildman–Crippen MR) is 103 cm³/mol. The summed E-state index contributed by atoms with van der Waals surface area (Å²) in [5.74, 6) is 1.46. The molecule has 1 saturated carbocycles. The van der Waals surface area contributed by atoms with Crippen molar-refractivity contribution in [1.82, 2.24) is 4.90 Å². The molecule has 2 N–H and O–H groups in total. The third kappa shape index (κ3) is 3.83. The third-order valence-corrected chi connectivity index (χ3v) is 6.65. The minimum absolute atomic E-state index is 0.311. The van der Waals surface area contributed by atoms with Crippen LogP contribution in [0, 0.1) is 5.92 Å². The molecule has 0 aromatic heterocycles. The zero-order valence-electron chi connectivity index (χ0n) is 15.7. The molecular weight excluding hydrogens is 326 g/mol. The molecule has 0 spiro atoms. The Labute approximate surface area is 156 Å². The summed E-state index contributed by atoms with van der Waals surface area (Å²) in [4.78, 5) is 19.0. The summed E-state index contributed by atoms with van der Waals surface area (Å²) in [6.45, 7) is 5.60. The topological polar surface area (TPSA) is 48.2 Å². The fourth-order valence-corrected chi connectivity index (χ4v) is 5.17. The molecule has 0 bridgehead atoms. The van der Waals surface area contributed by atoms with E-state index in [0.717, 1.165) is 44.3 Å².